The van der Waals surface area contributed by atoms with E-state index in [1.807, 2.05) is 42.5 Å². The third-order valence-corrected chi connectivity index (χ3v) is 5.51. The van der Waals surface area contributed by atoms with E-state index in [0.29, 0.717) is 13.1 Å². The van der Waals surface area contributed by atoms with E-state index in [9.17, 15) is 4.79 Å². The van der Waals surface area contributed by atoms with Crippen LogP contribution in [0, 0.1) is 0 Å². The van der Waals surface area contributed by atoms with Crippen molar-refractivity contribution >= 4 is 16.8 Å². The van der Waals surface area contributed by atoms with Crippen molar-refractivity contribution in [1.29, 1.82) is 0 Å². The van der Waals surface area contributed by atoms with Crippen molar-refractivity contribution in [3.63, 3.8) is 0 Å². The number of nitrogens with zero attached hydrogens (tertiary/aromatic N) is 4. The normalized spacial score (nSPS) is 11.0. The van der Waals surface area contributed by atoms with Crippen LogP contribution >= 0.6 is 0 Å². The number of aromatic nitrogens is 4. The van der Waals surface area contributed by atoms with E-state index in [1.165, 1.54) is 6.33 Å². The summed E-state index contributed by atoms with van der Waals surface area (Å²) in [7, 11) is 0. The molecule has 6 nitrogen and oxygen atoms in total. The molecule has 3 aromatic carbocycles. The molecule has 1 amide bonds. The fourth-order valence-corrected chi connectivity index (χ4v) is 3.89. The Balaban J connectivity index is 1.28. The quantitative estimate of drug-likeness (QED) is 0.427. The van der Waals surface area contributed by atoms with Crippen LogP contribution in [0.1, 0.15) is 11.1 Å². The lowest BCUT2D eigenvalue weighted by molar-refractivity contribution is -0.121. The Morgan fingerprint density at radius 1 is 0.875 bits per heavy atom. The van der Waals surface area contributed by atoms with Crippen LogP contribution in [-0.2, 0) is 24.4 Å². The highest BCUT2D eigenvalue weighted by molar-refractivity contribution is 5.89. The molecule has 6 heteroatoms. The van der Waals surface area contributed by atoms with Crippen LogP contribution in [0.4, 0.5) is 0 Å². The number of benzene rings is 3. The van der Waals surface area contributed by atoms with Gasteiger partial charge in [-0.25, -0.2) is 9.67 Å². The van der Waals surface area contributed by atoms with Gasteiger partial charge in [-0.2, -0.15) is 5.10 Å². The van der Waals surface area contributed by atoms with Crippen LogP contribution in [0.25, 0.3) is 22.2 Å². The molecule has 0 radical (unpaired) electrons. The number of hydrogen-bond acceptors (Lipinski definition) is 3. The van der Waals surface area contributed by atoms with Crippen molar-refractivity contribution in [1.82, 2.24) is 24.6 Å². The Morgan fingerprint density at radius 3 is 2.41 bits per heavy atom. The van der Waals surface area contributed by atoms with Crippen molar-refractivity contribution in [2.75, 3.05) is 0 Å². The van der Waals surface area contributed by atoms with Gasteiger partial charge >= 0.3 is 0 Å². The predicted molar refractivity (Wildman–Crippen MR) is 125 cm³/mol. The fourth-order valence-electron chi connectivity index (χ4n) is 3.89. The number of hydrogen-bond donors (Lipinski definition) is 1. The Morgan fingerprint density at radius 2 is 1.62 bits per heavy atom. The molecular formula is C26H23N5O. The number of carbonyl (C=O) groups is 1. The van der Waals surface area contributed by atoms with Gasteiger partial charge < -0.3 is 9.88 Å². The molecule has 0 spiro atoms. The molecule has 2 heterocycles. The van der Waals surface area contributed by atoms with E-state index in [-0.39, 0.29) is 12.5 Å². The highest BCUT2D eigenvalue weighted by Crippen LogP contribution is 2.28. The molecule has 0 atom stereocenters. The van der Waals surface area contributed by atoms with E-state index in [2.05, 4.69) is 62.4 Å². The zero-order valence-corrected chi connectivity index (χ0v) is 17.6. The molecule has 1 N–H and O–H groups in total. The smallest absolute Gasteiger partial charge is 0.240 e. The minimum Gasteiger partial charge on any atom is -0.350 e. The molecule has 0 saturated heterocycles. The van der Waals surface area contributed by atoms with Crippen LogP contribution in [0.5, 0.6) is 0 Å². The fraction of sp³-hybridized carbons (Fsp3) is 0.115. The highest BCUT2D eigenvalue weighted by Gasteiger charge is 2.13. The predicted octanol–water partition coefficient (Wildman–Crippen LogP) is 4.26. The summed E-state index contributed by atoms with van der Waals surface area (Å²) in [5.74, 6) is -0.0183. The zero-order chi connectivity index (χ0) is 21.8. The maximum absolute atomic E-state index is 12.8. The van der Waals surface area contributed by atoms with Crippen molar-refractivity contribution in [2.24, 2.45) is 0 Å². The summed E-state index contributed by atoms with van der Waals surface area (Å²) in [5.41, 5.74) is 5.39. The summed E-state index contributed by atoms with van der Waals surface area (Å²) in [5, 5.41) is 8.31. The zero-order valence-electron chi connectivity index (χ0n) is 17.6. The number of carbonyl (C=O) groups excluding carboxylic acids is 1. The van der Waals surface area contributed by atoms with Gasteiger partial charge in [0, 0.05) is 23.1 Å². The van der Waals surface area contributed by atoms with E-state index in [0.717, 1.165) is 33.3 Å². The lowest BCUT2D eigenvalue weighted by Gasteiger charge is -2.12. The minimum atomic E-state index is -0.0183. The van der Waals surface area contributed by atoms with Gasteiger partial charge in [-0.15, -0.1) is 0 Å². The van der Waals surface area contributed by atoms with Crippen LogP contribution < -0.4 is 5.32 Å². The van der Waals surface area contributed by atoms with Crippen molar-refractivity contribution in [3.8, 4) is 11.3 Å². The summed E-state index contributed by atoms with van der Waals surface area (Å²) in [6, 6.07) is 28.7. The maximum atomic E-state index is 12.8. The van der Waals surface area contributed by atoms with Gasteiger partial charge in [0.25, 0.3) is 0 Å². The first-order valence-corrected chi connectivity index (χ1v) is 10.6. The van der Waals surface area contributed by atoms with Gasteiger partial charge in [-0.1, -0.05) is 72.8 Å². The molecular weight excluding hydrogens is 398 g/mol. The summed E-state index contributed by atoms with van der Waals surface area (Å²) < 4.78 is 3.86. The first-order valence-electron chi connectivity index (χ1n) is 10.6. The van der Waals surface area contributed by atoms with Gasteiger partial charge in [0.05, 0.1) is 6.54 Å². The number of fused-ring (bicyclic) bond motifs is 1. The number of nitrogens with one attached hydrogen (secondary N) is 1. The van der Waals surface area contributed by atoms with E-state index in [1.54, 1.807) is 11.0 Å². The average molecular weight is 422 g/mol. The van der Waals surface area contributed by atoms with Crippen molar-refractivity contribution in [3.05, 3.63) is 109 Å². The summed E-state index contributed by atoms with van der Waals surface area (Å²) in [4.78, 5) is 16.8. The molecule has 0 saturated carbocycles. The number of para-hydroxylation sites is 1. The van der Waals surface area contributed by atoms with E-state index in [4.69, 9.17) is 0 Å². The summed E-state index contributed by atoms with van der Waals surface area (Å²) in [6.07, 6.45) is 3.23. The molecule has 0 unspecified atom stereocenters. The Kier molecular flexibility index (Phi) is 5.49. The van der Waals surface area contributed by atoms with Crippen LogP contribution in [0.15, 0.2) is 97.6 Å². The van der Waals surface area contributed by atoms with Crippen LogP contribution in [-0.4, -0.2) is 25.2 Å². The molecule has 0 bridgehead atoms. The first kappa shape index (κ1) is 19.8. The Bertz CT molecular complexity index is 1320. The van der Waals surface area contributed by atoms with Gasteiger partial charge in [0.1, 0.15) is 19.2 Å². The van der Waals surface area contributed by atoms with Gasteiger partial charge in [0.15, 0.2) is 0 Å². The van der Waals surface area contributed by atoms with Crippen LogP contribution in [0.3, 0.4) is 0 Å². The second-order valence-electron chi connectivity index (χ2n) is 7.73. The topological polar surface area (TPSA) is 64.7 Å². The Labute approximate surface area is 186 Å². The average Bonchev–Trinajstić information content (AvgIpc) is 3.47. The second kappa shape index (κ2) is 8.89. The lowest BCUT2D eigenvalue weighted by atomic mass is 10.1. The second-order valence-corrected chi connectivity index (χ2v) is 7.73. The summed E-state index contributed by atoms with van der Waals surface area (Å²) in [6.45, 7) is 1.43. The van der Waals surface area contributed by atoms with E-state index < -0.39 is 0 Å². The van der Waals surface area contributed by atoms with Gasteiger partial charge in [-0.3, -0.25) is 4.79 Å². The van der Waals surface area contributed by atoms with Gasteiger partial charge in [0.2, 0.25) is 5.91 Å². The highest BCUT2D eigenvalue weighted by atomic mass is 16.1. The molecule has 158 valence electrons. The molecule has 0 aliphatic heterocycles. The third kappa shape index (κ3) is 4.30. The molecule has 0 aliphatic carbocycles. The Hall–Kier alpha value is -4.19. The number of rotatable bonds is 7. The number of amides is 1. The molecule has 32 heavy (non-hydrogen) atoms. The first-order chi connectivity index (χ1) is 15.8. The lowest BCUT2D eigenvalue weighted by Crippen LogP contribution is -2.27. The van der Waals surface area contributed by atoms with Gasteiger partial charge in [-0.05, 0) is 28.8 Å². The third-order valence-electron chi connectivity index (χ3n) is 5.51. The largest absolute Gasteiger partial charge is 0.350 e. The molecule has 0 fully saturated rings. The summed E-state index contributed by atoms with van der Waals surface area (Å²) >= 11 is 0. The van der Waals surface area contributed by atoms with Crippen LogP contribution in [0.2, 0.25) is 0 Å². The van der Waals surface area contributed by atoms with Crippen molar-refractivity contribution in [2.45, 2.75) is 19.6 Å². The van der Waals surface area contributed by atoms with E-state index >= 15 is 0 Å². The molecule has 5 rings (SSSR count). The van der Waals surface area contributed by atoms with Crippen molar-refractivity contribution < 1.29 is 4.79 Å². The SMILES string of the molecule is O=C(Cn1c(-c2ccccc2)cc2ccccc21)NCc1ccc(Cn2cncn2)cc1. The molecule has 0 aliphatic rings. The minimum absolute atomic E-state index is 0.0183. The molecule has 5 aromatic rings. The standard InChI is InChI=1S/C26H23N5O/c32-26(28-15-20-10-12-21(13-11-20)16-30-19-27-18-29-30)17-31-24-9-5-4-8-23(24)14-25(31)22-6-2-1-3-7-22/h1-14,18-19H,15-17H2,(H,28,32). The molecule has 2 aromatic heterocycles. The monoisotopic (exact) mass is 421 g/mol. The maximum Gasteiger partial charge on any atom is 0.240 e.